The van der Waals surface area contributed by atoms with Gasteiger partial charge in [-0.1, -0.05) is 24.8 Å². The van der Waals surface area contributed by atoms with Crippen LogP contribution in [0.5, 0.6) is 0 Å². The van der Waals surface area contributed by atoms with E-state index in [9.17, 15) is 5.11 Å². The summed E-state index contributed by atoms with van der Waals surface area (Å²) in [6, 6.07) is 0. The van der Waals surface area contributed by atoms with Crippen LogP contribution in [0.3, 0.4) is 0 Å². The van der Waals surface area contributed by atoms with E-state index in [1.165, 1.54) is 0 Å². The van der Waals surface area contributed by atoms with Crippen molar-refractivity contribution in [3.63, 3.8) is 0 Å². The summed E-state index contributed by atoms with van der Waals surface area (Å²) in [7, 11) is 0. The third-order valence-electron chi connectivity index (χ3n) is 1.19. The van der Waals surface area contributed by atoms with E-state index in [4.69, 9.17) is 0 Å². The van der Waals surface area contributed by atoms with E-state index < -0.39 is 5.60 Å². The molecule has 0 atom stereocenters. The van der Waals surface area contributed by atoms with Gasteiger partial charge in [0.25, 0.3) is 0 Å². The first kappa shape index (κ1) is 9.44. The zero-order chi connectivity index (χ0) is 8.04. The topological polar surface area (TPSA) is 20.2 Å². The van der Waals surface area contributed by atoms with E-state index in [1.54, 1.807) is 6.08 Å². The van der Waals surface area contributed by atoms with Crippen molar-refractivity contribution < 1.29 is 5.11 Å². The average molecular weight is 140 g/mol. The van der Waals surface area contributed by atoms with Crippen molar-refractivity contribution in [2.75, 3.05) is 0 Å². The van der Waals surface area contributed by atoms with Gasteiger partial charge in [0.1, 0.15) is 0 Å². The summed E-state index contributed by atoms with van der Waals surface area (Å²) >= 11 is 0. The van der Waals surface area contributed by atoms with E-state index in [1.807, 2.05) is 26.0 Å². The monoisotopic (exact) mass is 140 g/mol. The Morgan fingerprint density at radius 3 is 2.50 bits per heavy atom. The molecule has 0 aromatic heterocycles. The Bertz CT molecular complexity index is 117. The van der Waals surface area contributed by atoms with Gasteiger partial charge in [0, 0.05) is 0 Å². The predicted molar refractivity (Wildman–Crippen MR) is 44.9 cm³/mol. The van der Waals surface area contributed by atoms with Crippen molar-refractivity contribution in [3.8, 4) is 0 Å². The SMILES string of the molecule is C=CC=CCCC(C)(C)O. The fraction of sp³-hybridized carbons (Fsp3) is 0.556. The predicted octanol–water partition coefficient (Wildman–Crippen LogP) is 2.28. The summed E-state index contributed by atoms with van der Waals surface area (Å²) in [5.74, 6) is 0. The van der Waals surface area contributed by atoms with Crippen LogP contribution in [0.15, 0.2) is 24.8 Å². The van der Waals surface area contributed by atoms with Crippen LogP contribution in [-0.4, -0.2) is 10.7 Å². The molecule has 0 aromatic rings. The molecule has 0 fully saturated rings. The lowest BCUT2D eigenvalue weighted by Crippen LogP contribution is -2.17. The van der Waals surface area contributed by atoms with Crippen molar-refractivity contribution in [3.05, 3.63) is 24.8 Å². The van der Waals surface area contributed by atoms with Gasteiger partial charge in [-0.25, -0.2) is 0 Å². The number of rotatable bonds is 4. The Hall–Kier alpha value is -0.560. The standard InChI is InChI=1S/C9H16O/c1-4-5-6-7-8-9(2,3)10/h4-6,10H,1,7-8H2,2-3H3. The highest BCUT2D eigenvalue weighted by atomic mass is 16.3. The van der Waals surface area contributed by atoms with Crippen LogP contribution in [-0.2, 0) is 0 Å². The maximum atomic E-state index is 9.26. The lowest BCUT2D eigenvalue weighted by Gasteiger charge is -2.14. The molecule has 10 heavy (non-hydrogen) atoms. The third-order valence-corrected chi connectivity index (χ3v) is 1.19. The van der Waals surface area contributed by atoms with Crippen molar-refractivity contribution >= 4 is 0 Å². The van der Waals surface area contributed by atoms with E-state index in [-0.39, 0.29) is 0 Å². The maximum absolute atomic E-state index is 9.26. The normalized spacial score (nSPS) is 12.3. The zero-order valence-electron chi connectivity index (χ0n) is 6.80. The second kappa shape index (κ2) is 4.29. The summed E-state index contributed by atoms with van der Waals surface area (Å²) in [4.78, 5) is 0. The minimum atomic E-state index is -0.536. The summed E-state index contributed by atoms with van der Waals surface area (Å²) < 4.78 is 0. The molecule has 58 valence electrons. The molecule has 0 aliphatic rings. The van der Waals surface area contributed by atoms with Gasteiger partial charge in [0.05, 0.1) is 5.60 Å². The van der Waals surface area contributed by atoms with Gasteiger partial charge in [-0.05, 0) is 26.7 Å². The van der Waals surface area contributed by atoms with Gasteiger partial charge in [-0.2, -0.15) is 0 Å². The average Bonchev–Trinajstić information content (AvgIpc) is 1.78. The van der Waals surface area contributed by atoms with Crippen LogP contribution in [0.4, 0.5) is 0 Å². The van der Waals surface area contributed by atoms with Crippen LogP contribution in [0, 0.1) is 0 Å². The first-order valence-corrected chi connectivity index (χ1v) is 3.56. The Morgan fingerprint density at radius 2 is 2.10 bits per heavy atom. The molecule has 0 amide bonds. The first-order valence-electron chi connectivity index (χ1n) is 3.56. The van der Waals surface area contributed by atoms with E-state index in [0.717, 1.165) is 12.8 Å². The molecule has 1 N–H and O–H groups in total. The molecule has 1 nitrogen and oxygen atoms in total. The Labute approximate surface area is 63.1 Å². The first-order chi connectivity index (χ1) is 4.56. The van der Waals surface area contributed by atoms with Gasteiger partial charge in [0.2, 0.25) is 0 Å². The largest absolute Gasteiger partial charge is 0.390 e. The molecule has 1 heteroatoms. The molecular formula is C9H16O. The van der Waals surface area contributed by atoms with Crippen LogP contribution in [0.2, 0.25) is 0 Å². The Balaban J connectivity index is 3.37. The smallest absolute Gasteiger partial charge is 0.0594 e. The third kappa shape index (κ3) is 7.44. The second-order valence-corrected chi connectivity index (χ2v) is 3.01. The summed E-state index contributed by atoms with van der Waals surface area (Å²) in [5.41, 5.74) is -0.536. The summed E-state index contributed by atoms with van der Waals surface area (Å²) in [6.07, 6.45) is 7.36. The van der Waals surface area contributed by atoms with Gasteiger partial charge >= 0.3 is 0 Å². The lowest BCUT2D eigenvalue weighted by molar-refractivity contribution is 0.0721. The fourth-order valence-corrected chi connectivity index (χ4v) is 0.629. The Kier molecular flexibility index (Phi) is 4.05. The molecular weight excluding hydrogens is 124 g/mol. The van der Waals surface area contributed by atoms with Crippen molar-refractivity contribution in [1.82, 2.24) is 0 Å². The Morgan fingerprint density at radius 1 is 1.50 bits per heavy atom. The van der Waals surface area contributed by atoms with Crippen LogP contribution in [0.25, 0.3) is 0 Å². The van der Waals surface area contributed by atoms with E-state index >= 15 is 0 Å². The molecule has 0 aliphatic carbocycles. The van der Waals surface area contributed by atoms with E-state index in [2.05, 4.69) is 6.58 Å². The highest BCUT2D eigenvalue weighted by Crippen LogP contribution is 2.09. The summed E-state index contributed by atoms with van der Waals surface area (Å²) in [5, 5.41) is 9.26. The molecule has 0 rings (SSSR count). The molecule has 0 spiro atoms. The number of aliphatic hydroxyl groups is 1. The molecule has 0 saturated carbocycles. The maximum Gasteiger partial charge on any atom is 0.0594 e. The highest BCUT2D eigenvalue weighted by Gasteiger charge is 2.09. The number of hydrogen-bond donors (Lipinski definition) is 1. The van der Waals surface area contributed by atoms with Crippen LogP contribution in [0.1, 0.15) is 26.7 Å². The molecule has 0 aliphatic heterocycles. The minimum absolute atomic E-state index is 0.536. The highest BCUT2D eigenvalue weighted by molar-refractivity contribution is 4.97. The van der Waals surface area contributed by atoms with Crippen molar-refractivity contribution in [1.29, 1.82) is 0 Å². The zero-order valence-corrected chi connectivity index (χ0v) is 6.80. The molecule has 0 radical (unpaired) electrons. The van der Waals surface area contributed by atoms with E-state index in [0.29, 0.717) is 0 Å². The van der Waals surface area contributed by atoms with Crippen LogP contribution < -0.4 is 0 Å². The van der Waals surface area contributed by atoms with Crippen molar-refractivity contribution in [2.45, 2.75) is 32.3 Å². The van der Waals surface area contributed by atoms with Gasteiger partial charge in [-0.15, -0.1) is 0 Å². The van der Waals surface area contributed by atoms with Gasteiger partial charge in [-0.3, -0.25) is 0 Å². The quantitative estimate of drug-likeness (QED) is 0.594. The van der Waals surface area contributed by atoms with Crippen molar-refractivity contribution in [2.24, 2.45) is 0 Å². The van der Waals surface area contributed by atoms with Gasteiger partial charge in [0.15, 0.2) is 0 Å². The number of hydrogen-bond acceptors (Lipinski definition) is 1. The molecule has 0 heterocycles. The van der Waals surface area contributed by atoms with Gasteiger partial charge < -0.3 is 5.11 Å². The number of allylic oxidation sites excluding steroid dienone is 3. The molecule has 0 unspecified atom stereocenters. The minimum Gasteiger partial charge on any atom is -0.390 e. The fourth-order valence-electron chi connectivity index (χ4n) is 0.629. The second-order valence-electron chi connectivity index (χ2n) is 3.01. The molecule has 0 aromatic carbocycles. The molecule has 0 saturated heterocycles. The molecule has 0 bridgehead atoms. The lowest BCUT2D eigenvalue weighted by atomic mass is 10.0. The van der Waals surface area contributed by atoms with Crippen LogP contribution >= 0.6 is 0 Å². The summed E-state index contributed by atoms with van der Waals surface area (Å²) in [6.45, 7) is 7.17.